The Hall–Kier alpha value is -1.79. The normalized spacial score (nSPS) is 21.5. The van der Waals surface area contributed by atoms with Gasteiger partial charge in [0, 0.05) is 13.0 Å². The minimum atomic E-state index is -0.688. The number of benzene rings is 1. The number of hydrogen-bond donors (Lipinski definition) is 2. The smallest absolute Gasteiger partial charge is 0.240 e. The van der Waals surface area contributed by atoms with E-state index in [-0.39, 0.29) is 30.3 Å². The third-order valence-electron chi connectivity index (χ3n) is 4.16. The lowest BCUT2D eigenvalue weighted by molar-refractivity contribution is -0.128. The summed E-state index contributed by atoms with van der Waals surface area (Å²) in [7, 11) is 0. The molecule has 2 aliphatic rings. The largest absolute Gasteiger partial charge is 0.492 e. The summed E-state index contributed by atoms with van der Waals surface area (Å²) in [6, 6.07) is 9.35. The summed E-state index contributed by atoms with van der Waals surface area (Å²) >= 11 is 0. The molecule has 6 nitrogen and oxygen atoms in total. The van der Waals surface area contributed by atoms with E-state index < -0.39 is 5.54 Å². The molecule has 1 atom stereocenters. The predicted octanol–water partition coefficient (Wildman–Crippen LogP) is 0.696. The van der Waals surface area contributed by atoms with Crippen LogP contribution < -0.4 is 15.8 Å². The first-order valence-electron chi connectivity index (χ1n) is 7.62. The third-order valence-corrected chi connectivity index (χ3v) is 4.16. The van der Waals surface area contributed by atoms with Crippen LogP contribution in [0.1, 0.15) is 19.3 Å². The fraction of sp³-hybridized carbons (Fsp3) is 0.500. The summed E-state index contributed by atoms with van der Waals surface area (Å²) in [5.74, 6) is 0.703. The van der Waals surface area contributed by atoms with Crippen molar-refractivity contribution in [2.24, 2.45) is 5.73 Å². The molecule has 1 aromatic carbocycles. The number of rotatable bonds is 6. The van der Waals surface area contributed by atoms with Gasteiger partial charge in [-0.3, -0.25) is 9.59 Å². The van der Waals surface area contributed by atoms with E-state index in [0.29, 0.717) is 26.1 Å². The van der Waals surface area contributed by atoms with Gasteiger partial charge in [0.05, 0.1) is 18.1 Å². The number of para-hydroxylation sites is 1. The number of amides is 2. The van der Waals surface area contributed by atoms with Gasteiger partial charge in [-0.25, -0.2) is 0 Å². The number of ether oxygens (including phenoxy) is 1. The summed E-state index contributed by atoms with van der Waals surface area (Å²) in [6.07, 6.45) is 1.80. The van der Waals surface area contributed by atoms with E-state index in [1.807, 2.05) is 30.3 Å². The Balaban J connectivity index is 0.00000192. The minimum Gasteiger partial charge on any atom is -0.492 e. The standard InChI is InChI=1S/C16H21N3O3.ClH/c17-16(6-7-16)15(21)18-12-10-14(20)19(11-12)8-9-22-13-4-2-1-3-5-13;/h1-5,12H,6-11,17H2,(H,18,21);1H. The van der Waals surface area contributed by atoms with Crippen LogP contribution in [-0.4, -0.2) is 48.0 Å². The molecule has 1 aliphatic heterocycles. The predicted molar refractivity (Wildman–Crippen MR) is 88.5 cm³/mol. The maximum atomic E-state index is 12.0. The Bertz CT molecular complexity index is 563. The number of hydrogen-bond acceptors (Lipinski definition) is 4. The van der Waals surface area contributed by atoms with Gasteiger partial charge in [0.25, 0.3) is 0 Å². The molecule has 23 heavy (non-hydrogen) atoms. The maximum Gasteiger partial charge on any atom is 0.240 e. The van der Waals surface area contributed by atoms with Gasteiger partial charge in [0.2, 0.25) is 11.8 Å². The van der Waals surface area contributed by atoms with Crippen LogP contribution in [0.5, 0.6) is 5.75 Å². The second-order valence-corrected chi connectivity index (χ2v) is 6.03. The van der Waals surface area contributed by atoms with Crippen molar-refractivity contribution >= 4 is 24.2 Å². The van der Waals surface area contributed by atoms with Crippen molar-refractivity contribution in [2.75, 3.05) is 19.7 Å². The lowest BCUT2D eigenvalue weighted by atomic mass is 10.2. The molecule has 0 radical (unpaired) electrons. The first kappa shape index (κ1) is 17.6. The van der Waals surface area contributed by atoms with Crippen LogP contribution in [0.15, 0.2) is 30.3 Å². The molecule has 2 fully saturated rings. The molecule has 1 aromatic rings. The quantitative estimate of drug-likeness (QED) is 0.799. The third kappa shape index (κ3) is 4.36. The summed E-state index contributed by atoms with van der Waals surface area (Å²) in [5.41, 5.74) is 5.16. The monoisotopic (exact) mass is 339 g/mol. The average Bonchev–Trinajstić information content (AvgIpc) is 3.17. The Morgan fingerprint density at radius 1 is 1.35 bits per heavy atom. The van der Waals surface area contributed by atoms with Crippen LogP contribution in [0.4, 0.5) is 0 Å². The van der Waals surface area contributed by atoms with E-state index in [1.54, 1.807) is 4.90 Å². The lowest BCUT2D eigenvalue weighted by Gasteiger charge is -2.18. The molecule has 7 heteroatoms. The highest BCUT2D eigenvalue weighted by Crippen LogP contribution is 2.32. The van der Waals surface area contributed by atoms with Crippen LogP contribution in [0.2, 0.25) is 0 Å². The van der Waals surface area contributed by atoms with Crippen LogP contribution in [0, 0.1) is 0 Å². The molecule has 1 aliphatic carbocycles. The highest BCUT2D eigenvalue weighted by molar-refractivity contribution is 5.90. The van der Waals surface area contributed by atoms with Crippen molar-refractivity contribution in [1.29, 1.82) is 0 Å². The van der Waals surface area contributed by atoms with Crippen LogP contribution in [-0.2, 0) is 9.59 Å². The van der Waals surface area contributed by atoms with Gasteiger partial charge < -0.3 is 20.7 Å². The molecule has 2 amide bonds. The molecule has 126 valence electrons. The molecule has 1 heterocycles. The fourth-order valence-corrected chi connectivity index (χ4v) is 2.57. The van der Waals surface area contributed by atoms with Crippen molar-refractivity contribution in [3.63, 3.8) is 0 Å². The summed E-state index contributed by atoms with van der Waals surface area (Å²) < 4.78 is 5.60. The Kier molecular flexibility index (Phi) is 5.49. The van der Waals surface area contributed by atoms with E-state index in [0.717, 1.165) is 18.6 Å². The zero-order valence-electron chi connectivity index (χ0n) is 12.9. The first-order valence-corrected chi connectivity index (χ1v) is 7.62. The van der Waals surface area contributed by atoms with Crippen LogP contribution >= 0.6 is 12.4 Å². The number of carbonyl (C=O) groups excluding carboxylic acids is 2. The van der Waals surface area contributed by atoms with Crippen molar-refractivity contribution in [3.05, 3.63) is 30.3 Å². The number of likely N-dealkylation sites (tertiary alicyclic amines) is 1. The van der Waals surface area contributed by atoms with Gasteiger partial charge in [-0.1, -0.05) is 18.2 Å². The van der Waals surface area contributed by atoms with Gasteiger partial charge in [0.15, 0.2) is 0 Å². The highest BCUT2D eigenvalue weighted by atomic mass is 35.5. The van der Waals surface area contributed by atoms with Gasteiger partial charge in [-0.15, -0.1) is 12.4 Å². The molecule has 0 bridgehead atoms. The van der Waals surface area contributed by atoms with Crippen LogP contribution in [0.3, 0.4) is 0 Å². The number of halogens is 1. The van der Waals surface area contributed by atoms with E-state index in [9.17, 15) is 9.59 Å². The highest BCUT2D eigenvalue weighted by Gasteiger charge is 2.47. The van der Waals surface area contributed by atoms with E-state index >= 15 is 0 Å². The summed E-state index contributed by atoms with van der Waals surface area (Å²) in [5, 5.41) is 2.88. The zero-order chi connectivity index (χ0) is 15.6. The zero-order valence-corrected chi connectivity index (χ0v) is 13.7. The Morgan fingerprint density at radius 3 is 2.70 bits per heavy atom. The number of carbonyl (C=O) groups is 2. The first-order chi connectivity index (χ1) is 10.6. The van der Waals surface area contributed by atoms with Crippen molar-refractivity contribution in [2.45, 2.75) is 30.8 Å². The average molecular weight is 340 g/mol. The van der Waals surface area contributed by atoms with Crippen molar-refractivity contribution in [1.82, 2.24) is 10.2 Å². The van der Waals surface area contributed by atoms with E-state index in [2.05, 4.69) is 5.32 Å². The van der Waals surface area contributed by atoms with Gasteiger partial charge in [0.1, 0.15) is 12.4 Å². The minimum absolute atomic E-state index is 0. The molecular weight excluding hydrogens is 318 g/mol. The number of nitrogens with zero attached hydrogens (tertiary/aromatic N) is 1. The van der Waals surface area contributed by atoms with E-state index in [1.165, 1.54) is 0 Å². The number of nitrogens with one attached hydrogen (secondary N) is 1. The molecular formula is C16H22ClN3O3. The molecule has 1 saturated carbocycles. The molecule has 0 aromatic heterocycles. The summed E-state index contributed by atoms with van der Waals surface area (Å²) in [4.78, 5) is 25.6. The van der Waals surface area contributed by atoms with Gasteiger partial charge in [-0.2, -0.15) is 0 Å². The molecule has 3 rings (SSSR count). The van der Waals surface area contributed by atoms with Crippen LogP contribution in [0.25, 0.3) is 0 Å². The SMILES string of the molecule is Cl.NC1(C(=O)NC2CC(=O)N(CCOc3ccccc3)C2)CC1. The topological polar surface area (TPSA) is 84.7 Å². The Labute approximate surface area is 141 Å². The van der Waals surface area contributed by atoms with Gasteiger partial charge in [-0.05, 0) is 25.0 Å². The maximum absolute atomic E-state index is 12.0. The lowest BCUT2D eigenvalue weighted by Crippen LogP contribution is -2.48. The second-order valence-electron chi connectivity index (χ2n) is 6.03. The summed E-state index contributed by atoms with van der Waals surface area (Å²) in [6.45, 7) is 1.49. The van der Waals surface area contributed by atoms with Crippen molar-refractivity contribution in [3.8, 4) is 5.75 Å². The number of nitrogens with two attached hydrogens (primary N) is 1. The molecule has 1 unspecified atom stereocenters. The second kappa shape index (κ2) is 7.19. The molecule has 3 N–H and O–H groups in total. The fourth-order valence-electron chi connectivity index (χ4n) is 2.57. The van der Waals surface area contributed by atoms with Gasteiger partial charge >= 0.3 is 0 Å². The van der Waals surface area contributed by atoms with E-state index in [4.69, 9.17) is 10.5 Å². The molecule has 1 saturated heterocycles. The Morgan fingerprint density at radius 2 is 2.04 bits per heavy atom. The molecule has 0 spiro atoms. The van der Waals surface area contributed by atoms with Crippen molar-refractivity contribution < 1.29 is 14.3 Å².